The number of hydrogen-bond donors (Lipinski definition) is 2. The number of fused-ring (bicyclic) bond motifs is 3. The summed E-state index contributed by atoms with van der Waals surface area (Å²) in [5.41, 5.74) is 7.76. The van der Waals surface area contributed by atoms with E-state index in [1.165, 1.54) is 19.3 Å². The maximum absolute atomic E-state index is 15.3. The second-order valence-electron chi connectivity index (χ2n) is 23.7. The van der Waals surface area contributed by atoms with Gasteiger partial charge >= 0.3 is 0 Å². The molecule has 7 fully saturated rings. The highest BCUT2D eigenvalue weighted by Crippen LogP contribution is 2.53. The van der Waals surface area contributed by atoms with Crippen molar-refractivity contribution in [1.29, 1.82) is 0 Å². The third-order valence-electron chi connectivity index (χ3n) is 18.8. The van der Waals surface area contributed by atoms with Crippen molar-refractivity contribution in [2.24, 2.45) is 11.3 Å². The third kappa shape index (κ3) is 8.68. The van der Waals surface area contributed by atoms with Crippen LogP contribution in [0.2, 0.25) is 0 Å². The lowest BCUT2D eigenvalue weighted by Gasteiger charge is -2.48. The standard InChI is InChI=1S/C58H74N10O5/c1-36(2)67-35-59-48-34-47(61-52(51(48)67)60-40-9-10-40)39-8-14-46-49(31-39)68(43-32-42(33-43)63-22-6-5-7-23-63)56(73)58(46)20-28-66(29-21-58)55(72)57(4)18-26-65(27-19-57)54(71)38-16-24-64(25-17-38)41-11-12-44(37(3)30-41)45-13-15-50(69)62-53(45)70/h8,11-12,14,30-31,34-36,38,40,42-43,45H,5-7,9-10,13,15-29,32-33H2,1-4H3,(H,60,61)(H,62,69,70)/t42-,43+,45?. The number of piperidine rings is 5. The monoisotopic (exact) mass is 991 g/mol. The van der Waals surface area contributed by atoms with Crippen molar-refractivity contribution in [1.82, 2.24) is 34.6 Å². The molecule has 15 nitrogen and oxygen atoms in total. The maximum atomic E-state index is 15.3. The molecule has 1 atom stereocenters. The number of carbonyl (C=O) groups excluding carboxylic acids is 5. The summed E-state index contributed by atoms with van der Waals surface area (Å²) >= 11 is 0. The van der Waals surface area contributed by atoms with E-state index < -0.39 is 10.8 Å². The summed E-state index contributed by atoms with van der Waals surface area (Å²) in [4.78, 5) is 89.6. The van der Waals surface area contributed by atoms with Gasteiger partial charge in [0, 0.05) is 98.1 Å². The minimum Gasteiger partial charge on any atom is -0.371 e. The molecular formula is C58H74N10O5. The number of likely N-dealkylation sites (tertiary alicyclic amines) is 3. The molecule has 1 unspecified atom stereocenters. The normalized spacial score (nSPS) is 25.6. The average molecular weight is 991 g/mol. The van der Waals surface area contributed by atoms with E-state index in [2.05, 4.69) is 87.1 Å². The second-order valence-corrected chi connectivity index (χ2v) is 23.7. The lowest BCUT2D eigenvalue weighted by Crippen LogP contribution is -2.59. The number of nitrogens with zero attached hydrogens (tertiary/aromatic N) is 8. The molecule has 73 heavy (non-hydrogen) atoms. The SMILES string of the molecule is Cc1cc(N2CCC(C(=O)N3CCC(C)(C(=O)N4CCC5(CC4)C(=O)N([C@H]4C[C@@H](N6CCCCC6)C4)c4cc(-c6cc7ncn(C(C)C)c7c(NC7CC7)n6)ccc45)CC3)CC2)ccc1C1CCC(=O)NC1=O. The number of hydrogen-bond acceptors (Lipinski definition) is 10. The zero-order chi connectivity index (χ0) is 50.3. The minimum absolute atomic E-state index is 0.0483. The smallest absolute Gasteiger partial charge is 0.238 e. The van der Waals surface area contributed by atoms with Crippen LogP contribution in [0.1, 0.15) is 146 Å². The van der Waals surface area contributed by atoms with Gasteiger partial charge in [0.25, 0.3) is 0 Å². The van der Waals surface area contributed by atoms with Gasteiger partial charge in [0.15, 0.2) is 5.82 Å². The van der Waals surface area contributed by atoms with Gasteiger partial charge in [-0.1, -0.05) is 31.5 Å². The summed E-state index contributed by atoms with van der Waals surface area (Å²) in [7, 11) is 0. The van der Waals surface area contributed by atoms with E-state index >= 15 is 4.79 Å². The molecule has 2 aromatic heterocycles. The predicted octanol–water partition coefficient (Wildman–Crippen LogP) is 7.85. The van der Waals surface area contributed by atoms with Crippen LogP contribution in [0.3, 0.4) is 0 Å². The molecule has 12 rings (SSSR count). The van der Waals surface area contributed by atoms with Crippen LogP contribution in [0.5, 0.6) is 0 Å². The molecule has 8 heterocycles. The minimum atomic E-state index is -0.683. The van der Waals surface area contributed by atoms with Gasteiger partial charge in [-0.25, -0.2) is 9.97 Å². The Hall–Kier alpha value is -5.83. The summed E-state index contributed by atoms with van der Waals surface area (Å²) in [5.74, 6) is 0.645. The lowest BCUT2D eigenvalue weighted by molar-refractivity contribution is -0.150. The van der Waals surface area contributed by atoms with E-state index in [0.717, 1.165) is 121 Å². The maximum Gasteiger partial charge on any atom is 0.238 e. The summed E-state index contributed by atoms with van der Waals surface area (Å²) in [6.07, 6.45) is 14.9. The number of imidazole rings is 1. The van der Waals surface area contributed by atoms with Crippen LogP contribution in [0.15, 0.2) is 48.8 Å². The Labute approximate surface area is 429 Å². The van der Waals surface area contributed by atoms with E-state index in [1.807, 2.05) is 29.1 Å². The molecule has 2 saturated carbocycles. The Morgan fingerprint density at radius 3 is 2.21 bits per heavy atom. The van der Waals surface area contributed by atoms with E-state index in [4.69, 9.17) is 9.97 Å². The van der Waals surface area contributed by atoms with Crippen molar-refractivity contribution in [2.75, 3.05) is 67.5 Å². The van der Waals surface area contributed by atoms with Crippen LogP contribution in [-0.4, -0.2) is 129 Å². The van der Waals surface area contributed by atoms with Crippen molar-refractivity contribution in [3.63, 3.8) is 0 Å². The first-order chi connectivity index (χ1) is 35.3. The van der Waals surface area contributed by atoms with Crippen molar-refractivity contribution in [3.05, 3.63) is 65.5 Å². The first-order valence-electron chi connectivity index (χ1n) is 27.9. The number of nitrogens with one attached hydrogen (secondary N) is 2. The summed E-state index contributed by atoms with van der Waals surface area (Å²) < 4.78 is 2.20. The molecule has 6 aliphatic heterocycles. The molecule has 1 spiro atoms. The number of amides is 5. The Morgan fingerprint density at radius 2 is 1.52 bits per heavy atom. The molecular weight excluding hydrogens is 917 g/mol. The quantitative estimate of drug-likeness (QED) is 0.150. The Morgan fingerprint density at radius 1 is 0.795 bits per heavy atom. The van der Waals surface area contributed by atoms with Crippen LogP contribution in [-0.2, 0) is 29.4 Å². The summed E-state index contributed by atoms with van der Waals surface area (Å²) in [6, 6.07) is 16.3. The molecule has 2 aliphatic carbocycles. The molecule has 4 aromatic rings. The second kappa shape index (κ2) is 18.8. The number of rotatable bonds is 10. The summed E-state index contributed by atoms with van der Waals surface area (Å²) in [5, 5.41) is 6.19. The van der Waals surface area contributed by atoms with Gasteiger partial charge in [-0.2, -0.15) is 0 Å². The number of benzene rings is 2. The van der Waals surface area contributed by atoms with Gasteiger partial charge in [0.05, 0.1) is 28.9 Å². The van der Waals surface area contributed by atoms with Gasteiger partial charge in [0.2, 0.25) is 29.5 Å². The van der Waals surface area contributed by atoms with Crippen molar-refractivity contribution in [2.45, 2.75) is 160 Å². The number of aryl methyl sites for hydroxylation is 1. The molecule has 0 bridgehead atoms. The topological polar surface area (TPSA) is 156 Å². The van der Waals surface area contributed by atoms with Crippen LogP contribution >= 0.6 is 0 Å². The fraction of sp³-hybridized carbons (Fsp3) is 0.603. The zero-order valence-corrected chi connectivity index (χ0v) is 43.5. The Bertz CT molecular complexity index is 2830. The molecule has 8 aliphatic rings. The molecule has 5 saturated heterocycles. The van der Waals surface area contributed by atoms with E-state index in [-0.39, 0.29) is 53.5 Å². The molecule has 2 N–H and O–H groups in total. The average Bonchev–Trinajstić information content (AvgIpc) is 4.05. The Kier molecular flexibility index (Phi) is 12.4. The van der Waals surface area contributed by atoms with Crippen LogP contribution < -0.4 is 20.4 Å². The van der Waals surface area contributed by atoms with Gasteiger partial charge in [-0.15, -0.1) is 0 Å². The van der Waals surface area contributed by atoms with E-state index in [9.17, 15) is 19.2 Å². The lowest BCUT2D eigenvalue weighted by atomic mass is 9.72. The fourth-order valence-electron chi connectivity index (χ4n) is 13.9. The third-order valence-corrected chi connectivity index (χ3v) is 18.8. The molecule has 386 valence electrons. The van der Waals surface area contributed by atoms with Crippen molar-refractivity contribution in [3.8, 4) is 11.3 Å². The van der Waals surface area contributed by atoms with Crippen LogP contribution in [0, 0.1) is 18.3 Å². The zero-order valence-electron chi connectivity index (χ0n) is 43.5. The number of aromatic nitrogens is 3. The van der Waals surface area contributed by atoms with Gasteiger partial charge in [0.1, 0.15) is 5.52 Å². The van der Waals surface area contributed by atoms with Crippen molar-refractivity contribution >= 4 is 57.8 Å². The fourth-order valence-corrected chi connectivity index (χ4v) is 13.9. The summed E-state index contributed by atoms with van der Waals surface area (Å²) in [6.45, 7) is 14.5. The Balaban J connectivity index is 0.706. The number of carbonyl (C=O) groups is 5. The van der Waals surface area contributed by atoms with Crippen LogP contribution in [0.4, 0.5) is 17.2 Å². The molecule has 0 radical (unpaired) electrons. The number of anilines is 3. The first-order valence-corrected chi connectivity index (χ1v) is 27.9. The highest BCUT2D eigenvalue weighted by molar-refractivity contribution is 6.09. The number of pyridine rings is 1. The van der Waals surface area contributed by atoms with Gasteiger partial charge < -0.3 is 34.4 Å². The molecule has 2 aromatic carbocycles. The predicted molar refractivity (Wildman–Crippen MR) is 282 cm³/mol. The largest absolute Gasteiger partial charge is 0.371 e. The van der Waals surface area contributed by atoms with E-state index in [0.29, 0.717) is 76.8 Å². The number of imide groups is 1. The first kappa shape index (κ1) is 48.1. The van der Waals surface area contributed by atoms with Crippen LogP contribution in [0.25, 0.3) is 22.3 Å². The highest BCUT2D eigenvalue weighted by Gasteiger charge is 2.56. The highest BCUT2D eigenvalue weighted by atomic mass is 16.2. The molecule has 15 heteroatoms. The van der Waals surface area contributed by atoms with E-state index in [1.54, 1.807) is 0 Å². The molecule has 5 amide bonds. The van der Waals surface area contributed by atoms with Crippen molar-refractivity contribution < 1.29 is 24.0 Å². The van der Waals surface area contributed by atoms with Gasteiger partial charge in [-0.05, 0) is 158 Å². The van der Waals surface area contributed by atoms with Gasteiger partial charge in [-0.3, -0.25) is 29.3 Å².